The van der Waals surface area contributed by atoms with Crippen LogP contribution in [0, 0.1) is 0 Å². The molecule has 0 unspecified atom stereocenters. The number of rotatable bonds is 4. The summed E-state index contributed by atoms with van der Waals surface area (Å²) in [4.78, 5) is 8.55. The third kappa shape index (κ3) is 4.74. The monoisotopic (exact) mass is 352 g/mol. The van der Waals surface area contributed by atoms with Crippen molar-refractivity contribution in [2.75, 3.05) is 11.1 Å². The first-order valence-corrected chi connectivity index (χ1v) is 8.16. The molecule has 0 aliphatic heterocycles. The van der Waals surface area contributed by atoms with Crippen LogP contribution >= 0.6 is 0 Å². The molecule has 5 nitrogen and oxygen atoms in total. The van der Waals surface area contributed by atoms with Crippen LogP contribution in [0.4, 0.5) is 24.9 Å². The third-order valence-electron chi connectivity index (χ3n) is 4.16. The zero-order valence-electron chi connectivity index (χ0n) is 13.5. The molecule has 8 heteroatoms. The summed E-state index contributed by atoms with van der Waals surface area (Å²) in [7, 11) is 0. The highest BCUT2D eigenvalue weighted by atomic mass is 19.4. The summed E-state index contributed by atoms with van der Waals surface area (Å²) in [6, 6.07) is 5.81. The van der Waals surface area contributed by atoms with Crippen molar-refractivity contribution in [1.29, 1.82) is 0 Å². The predicted octanol–water partition coefficient (Wildman–Crippen LogP) is 4.37. The Kier molecular flexibility index (Phi) is 4.96. The quantitative estimate of drug-likeness (QED) is 0.855. The van der Waals surface area contributed by atoms with Crippen LogP contribution < -0.4 is 15.8 Å². The minimum atomic E-state index is -4.71. The van der Waals surface area contributed by atoms with Gasteiger partial charge in [-0.1, -0.05) is 31.4 Å². The lowest BCUT2D eigenvalue weighted by atomic mass is 9.96. The van der Waals surface area contributed by atoms with Crippen molar-refractivity contribution in [1.82, 2.24) is 9.97 Å². The normalized spacial score (nSPS) is 15.8. The predicted molar refractivity (Wildman–Crippen MR) is 89.1 cm³/mol. The van der Waals surface area contributed by atoms with Gasteiger partial charge >= 0.3 is 6.36 Å². The van der Waals surface area contributed by atoms with Crippen LogP contribution in [0.25, 0.3) is 11.1 Å². The number of aromatic nitrogens is 2. The maximum Gasteiger partial charge on any atom is 0.573 e. The first-order valence-electron chi connectivity index (χ1n) is 8.16. The Hall–Kier alpha value is -2.51. The molecular weight excluding hydrogens is 333 g/mol. The summed E-state index contributed by atoms with van der Waals surface area (Å²) in [6.45, 7) is 0. The fourth-order valence-electron chi connectivity index (χ4n) is 2.95. The lowest BCUT2D eigenvalue weighted by molar-refractivity contribution is -0.274. The molecule has 3 rings (SSSR count). The summed E-state index contributed by atoms with van der Waals surface area (Å²) in [5.74, 6) is 0.467. The van der Waals surface area contributed by atoms with Gasteiger partial charge in [-0.15, -0.1) is 13.2 Å². The van der Waals surface area contributed by atoms with Crippen molar-refractivity contribution in [3.8, 4) is 16.9 Å². The smallest absolute Gasteiger partial charge is 0.406 e. The van der Waals surface area contributed by atoms with E-state index in [4.69, 9.17) is 5.73 Å². The molecule has 25 heavy (non-hydrogen) atoms. The molecule has 2 aromatic rings. The van der Waals surface area contributed by atoms with E-state index in [2.05, 4.69) is 20.0 Å². The second-order valence-electron chi connectivity index (χ2n) is 6.04. The Balaban J connectivity index is 1.72. The van der Waals surface area contributed by atoms with Gasteiger partial charge in [-0.25, -0.2) is 4.98 Å². The van der Waals surface area contributed by atoms with E-state index in [-0.39, 0.29) is 11.6 Å². The van der Waals surface area contributed by atoms with Crippen LogP contribution in [0.2, 0.25) is 0 Å². The van der Waals surface area contributed by atoms with Gasteiger partial charge in [0.2, 0.25) is 5.95 Å². The summed E-state index contributed by atoms with van der Waals surface area (Å²) < 4.78 is 40.4. The van der Waals surface area contributed by atoms with Crippen molar-refractivity contribution in [3.63, 3.8) is 0 Å². The van der Waals surface area contributed by atoms with E-state index in [9.17, 15) is 13.2 Å². The third-order valence-corrected chi connectivity index (χ3v) is 4.16. The molecule has 0 saturated heterocycles. The van der Waals surface area contributed by atoms with Crippen LogP contribution in [0.1, 0.15) is 32.1 Å². The first kappa shape index (κ1) is 17.3. The highest BCUT2D eigenvalue weighted by Gasteiger charge is 2.31. The van der Waals surface area contributed by atoms with Crippen molar-refractivity contribution in [3.05, 3.63) is 30.5 Å². The van der Waals surface area contributed by atoms with Crippen molar-refractivity contribution < 1.29 is 17.9 Å². The van der Waals surface area contributed by atoms with Gasteiger partial charge < -0.3 is 15.8 Å². The summed E-state index contributed by atoms with van der Waals surface area (Å²) in [5.41, 5.74) is 7.18. The van der Waals surface area contributed by atoms with Gasteiger partial charge in [-0.05, 0) is 30.5 Å². The number of halogens is 3. The molecule has 0 spiro atoms. The zero-order chi connectivity index (χ0) is 17.9. The Morgan fingerprint density at radius 1 is 1.08 bits per heavy atom. The largest absolute Gasteiger partial charge is 0.573 e. The number of alkyl halides is 3. The molecule has 3 N–H and O–H groups in total. The van der Waals surface area contributed by atoms with Crippen LogP contribution in [-0.2, 0) is 0 Å². The molecule has 0 amide bonds. The Morgan fingerprint density at radius 3 is 2.36 bits per heavy atom. The minimum absolute atomic E-state index is 0.276. The highest BCUT2D eigenvalue weighted by Crippen LogP contribution is 2.29. The molecule has 1 saturated carbocycles. The van der Waals surface area contributed by atoms with Crippen molar-refractivity contribution >= 4 is 11.8 Å². The fraction of sp³-hybridized carbons (Fsp3) is 0.412. The molecule has 1 aromatic heterocycles. The lowest BCUT2D eigenvalue weighted by Gasteiger charge is -2.22. The maximum absolute atomic E-state index is 12.2. The number of hydrogen-bond acceptors (Lipinski definition) is 5. The van der Waals surface area contributed by atoms with Crippen molar-refractivity contribution in [2.45, 2.75) is 44.5 Å². The molecule has 0 atom stereocenters. The van der Waals surface area contributed by atoms with Gasteiger partial charge in [0.25, 0.3) is 0 Å². The van der Waals surface area contributed by atoms with E-state index in [1.807, 2.05) is 0 Å². The number of nitrogens with zero attached hydrogens (tertiary/aromatic N) is 2. The molecule has 134 valence electrons. The number of hydrogen-bond donors (Lipinski definition) is 2. The SMILES string of the molecule is Nc1nc(NC2CCCCC2)ncc1-c1ccc(OC(F)(F)F)cc1. The minimum Gasteiger partial charge on any atom is -0.406 e. The van der Waals surface area contributed by atoms with Crippen LogP contribution in [0.3, 0.4) is 0 Å². The number of ether oxygens (including phenoxy) is 1. The lowest BCUT2D eigenvalue weighted by Crippen LogP contribution is -2.23. The molecular formula is C17H19F3N4O. The number of anilines is 2. The zero-order valence-corrected chi connectivity index (χ0v) is 13.5. The van der Waals surface area contributed by atoms with E-state index in [0.717, 1.165) is 12.8 Å². The van der Waals surface area contributed by atoms with E-state index in [1.54, 1.807) is 6.20 Å². The van der Waals surface area contributed by atoms with Gasteiger partial charge in [0.15, 0.2) is 0 Å². The molecule has 0 bridgehead atoms. The van der Waals surface area contributed by atoms with E-state index >= 15 is 0 Å². The molecule has 1 heterocycles. The maximum atomic E-state index is 12.2. The molecule has 1 aliphatic rings. The van der Waals surface area contributed by atoms with Gasteiger partial charge in [0, 0.05) is 17.8 Å². The second kappa shape index (κ2) is 7.16. The average Bonchev–Trinajstić information content (AvgIpc) is 2.56. The van der Waals surface area contributed by atoms with Gasteiger partial charge in [0.05, 0.1) is 0 Å². The number of nitrogen functional groups attached to an aromatic ring is 1. The molecule has 1 aromatic carbocycles. The summed E-state index contributed by atoms with van der Waals surface area (Å²) in [5, 5.41) is 3.29. The number of nitrogens with two attached hydrogens (primary N) is 1. The van der Waals surface area contributed by atoms with Gasteiger partial charge in [-0.2, -0.15) is 4.98 Å². The van der Waals surface area contributed by atoms with E-state index in [1.165, 1.54) is 43.5 Å². The molecule has 0 radical (unpaired) electrons. The standard InChI is InChI=1S/C17H19F3N4O/c18-17(19,20)25-13-8-6-11(7-9-13)14-10-22-16(24-15(14)21)23-12-4-2-1-3-5-12/h6-10,12H,1-5H2,(H3,21,22,23,24). The Morgan fingerprint density at radius 2 is 1.76 bits per heavy atom. The molecule has 1 fully saturated rings. The van der Waals surface area contributed by atoms with Gasteiger partial charge in [0.1, 0.15) is 11.6 Å². The summed E-state index contributed by atoms with van der Waals surface area (Å²) >= 11 is 0. The fourth-order valence-corrected chi connectivity index (χ4v) is 2.95. The van der Waals surface area contributed by atoms with E-state index in [0.29, 0.717) is 23.1 Å². The van der Waals surface area contributed by atoms with Crippen LogP contribution in [-0.4, -0.2) is 22.4 Å². The van der Waals surface area contributed by atoms with Gasteiger partial charge in [-0.3, -0.25) is 0 Å². The highest BCUT2D eigenvalue weighted by molar-refractivity contribution is 5.74. The molecule has 1 aliphatic carbocycles. The Labute approximate surface area is 143 Å². The number of benzene rings is 1. The average molecular weight is 352 g/mol. The first-order chi connectivity index (χ1) is 11.9. The van der Waals surface area contributed by atoms with Crippen molar-refractivity contribution in [2.24, 2.45) is 0 Å². The summed E-state index contributed by atoms with van der Waals surface area (Å²) in [6.07, 6.45) is 2.68. The number of nitrogens with one attached hydrogen (secondary N) is 1. The second-order valence-corrected chi connectivity index (χ2v) is 6.04. The Bertz CT molecular complexity index is 713. The van der Waals surface area contributed by atoms with E-state index < -0.39 is 6.36 Å². The van der Waals surface area contributed by atoms with Crippen LogP contribution in [0.5, 0.6) is 5.75 Å². The topological polar surface area (TPSA) is 73.1 Å². The van der Waals surface area contributed by atoms with Crippen LogP contribution in [0.15, 0.2) is 30.5 Å².